The third kappa shape index (κ3) is 1.76. The van der Waals surface area contributed by atoms with E-state index in [0.717, 1.165) is 0 Å². The summed E-state index contributed by atoms with van der Waals surface area (Å²) in [4.78, 5) is 0.328. The van der Waals surface area contributed by atoms with Gasteiger partial charge in [0.1, 0.15) is 3.78 Å². The Morgan fingerprint density at radius 3 is 2.65 bits per heavy atom. The normalized spacial score (nSPS) is 38.6. The van der Waals surface area contributed by atoms with Crippen LogP contribution in [0.15, 0.2) is 48.6 Å². The van der Waals surface area contributed by atoms with Gasteiger partial charge in [-0.15, -0.1) is 11.6 Å². The molecular weight excluding hydrogens is 363 g/mol. The first kappa shape index (κ1) is 12.0. The van der Waals surface area contributed by atoms with Gasteiger partial charge in [0.25, 0.3) is 0 Å². The molecular formula is C14H11Br2Cl. The maximum Gasteiger partial charge on any atom is 0.131 e. The van der Waals surface area contributed by atoms with Crippen LogP contribution in [0.5, 0.6) is 0 Å². The second kappa shape index (κ2) is 4.25. The predicted molar refractivity (Wildman–Crippen MR) is 79.8 cm³/mol. The number of hydrogen-bond acceptors (Lipinski definition) is 0. The van der Waals surface area contributed by atoms with Crippen LogP contribution in [0, 0.1) is 11.8 Å². The van der Waals surface area contributed by atoms with Crippen molar-refractivity contribution in [3.8, 4) is 0 Å². The van der Waals surface area contributed by atoms with Crippen LogP contribution >= 0.6 is 43.5 Å². The lowest BCUT2D eigenvalue weighted by atomic mass is 9.73. The Morgan fingerprint density at radius 1 is 1.12 bits per heavy atom. The monoisotopic (exact) mass is 372 g/mol. The van der Waals surface area contributed by atoms with Crippen LogP contribution in [-0.4, -0.2) is 0 Å². The average molecular weight is 375 g/mol. The number of allylic oxidation sites excluding steroid dienone is 4. The van der Waals surface area contributed by atoms with Crippen molar-refractivity contribution in [2.75, 3.05) is 0 Å². The quantitative estimate of drug-likeness (QED) is 0.542. The summed E-state index contributed by atoms with van der Waals surface area (Å²) >= 11 is 14.3. The van der Waals surface area contributed by atoms with E-state index < -0.39 is 3.78 Å². The van der Waals surface area contributed by atoms with Gasteiger partial charge in [-0.2, -0.15) is 0 Å². The Balaban J connectivity index is 2.21. The van der Waals surface area contributed by atoms with Crippen molar-refractivity contribution in [1.29, 1.82) is 0 Å². The van der Waals surface area contributed by atoms with Crippen LogP contribution in [0.2, 0.25) is 0 Å². The number of halogens is 3. The van der Waals surface area contributed by atoms with E-state index in [1.807, 2.05) is 6.07 Å². The van der Waals surface area contributed by atoms with E-state index in [1.165, 1.54) is 11.1 Å². The number of benzene rings is 1. The van der Waals surface area contributed by atoms with Crippen molar-refractivity contribution < 1.29 is 0 Å². The highest BCUT2D eigenvalue weighted by Gasteiger charge is 2.47. The molecule has 0 aromatic heterocycles. The highest BCUT2D eigenvalue weighted by Crippen LogP contribution is 2.58. The average Bonchev–Trinajstić information content (AvgIpc) is 2.37. The molecule has 2 aliphatic carbocycles. The van der Waals surface area contributed by atoms with Gasteiger partial charge < -0.3 is 0 Å². The molecule has 2 aliphatic rings. The number of alkyl halides is 3. The van der Waals surface area contributed by atoms with Crippen molar-refractivity contribution in [3.05, 3.63) is 59.7 Å². The zero-order valence-corrected chi connectivity index (χ0v) is 12.9. The molecule has 0 aliphatic heterocycles. The van der Waals surface area contributed by atoms with Gasteiger partial charge in [0.15, 0.2) is 0 Å². The fourth-order valence-electron chi connectivity index (χ4n) is 2.69. The molecule has 17 heavy (non-hydrogen) atoms. The number of hydrogen-bond donors (Lipinski definition) is 0. The van der Waals surface area contributed by atoms with Crippen molar-refractivity contribution in [1.82, 2.24) is 0 Å². The molecule has 0 unspecified atom stereocenters. The molecule has 3 heteroatoms. The van der Waals surface area contributed by atoms with E-state index in [-0.39, 0.29) is 5.92 Å². The number of fused-ring (bicyclic) bond motifs is 2. The highest BCUT2D eigenvalue weighted by atomic mass is 79.9. The Labute approximate surface area is 123 Å². The predicted octanol–water partition coefficient (Wildman–Crippen LogP) is 5.28. The summed E-state index contributed by atoms with van der Waals surface area (Å²) < 4.78 is -0.500. The van der Waals surface area contributed by atoms with E-state index in [9.17, 15) is 0 Å². The Hall–Kier alpha value is -0.0500. The molecule has 0 nitrogen and oxygen atoms in total. The van der Waals surface area contributed by atoms with E-state index in [4.69, 9.17) is 11.6 Å². The second-order valence-corrected chi connectivity index (χ2v) is 7.77. The summed E-state index contributed by atoms with van der Waals surface area (Å²) in [5, 5.41) is 0. The summed E-state index contributed by atoms with van der Waals surface area (Å²) in [5.74, 6) is 0.667. The topological polar surface area (TPSA) is 0 Å². The van der Waals surface area contributed by atoms with Gasteiger partial charge in [-0.25, -0.2) is 0 Å². The molecule has 1 aromatic rings. The second-order valence-electron chi connectivity index (χ2n) is 4.48. The van der Waals surface area contributed by atoms with Crippen molar-refractivity contribution >= 4 is 43.5 Å². The van der Waals surface area contributed by atoms with Crippen LogP contribution in [0.1, 0.15) is 16.0 Å². The molecule has 0 fully saturated rings. The van der Waals surface area contributed by atoms with Crippen LogP contribution in [0.3, 0.4) is 0 Å². The van der Waals surface area contributed by atoms with Gasteiger partial charge in [0, 0.05) is 16.7 Å². The smallest absolute Gasteiger partial charge is 0.101 e. The van der Waals surface area contributed by atoms with Crippen molar-refractivity contribution in [3.63, 3.8) is 0 Å². The van der Waals surface area contributed by atoms with Gasteiger partial charge >= 0.3 is 0 Å². The molecule has 3 rings (SSSR count). The van der Waals surface area contributed by atoms with Gasteiger partial charge in [-0.1, -0.05) is 80.4 Å². The zero-order chi connectivity index (χ0) is 12.0. The Bertz CT molecular complexity index is 505. The van der Waals surface area contributed by atoms with Gasteiger partial charge in [0.05, 0.1) is 0 Å². The molecule has 0 radical (unpaired) electrons. The molecule has 0 N–H and O–H groups in total. The van der Waals surface area contributed by atoms with Crippen molar-refractivity contribution in [2.45, 2.75) is 8.61 Å². The fourth-order valence-corrected chi connectivity index (χ4v) is 4.81. The standard InChI is InChI=1S/C14H11Br2Cl/c15-13-9-5-1-3-7-11(9)14(16,17)12-8-4-2-6-10(12)13/h1-9,11,13H/t9-,11-,13-,14+/m1/s1. The van der Waals surface area contributed by atoms with E-state index >= 15 is 0 Å². The highest BCUT2D eigenvalue weighted by molar-refractivity contribution is 9.10. The maximum atomic E-state index is 6.75. The first-order valence-electron chi connectivity index (χ1n) is 5.58. The Morgan fingerprint density at radius 2 is 1.82 bits per heavy atom. The Kier molecular flexibility index (Phi) is 3.00. The van der Waals surface area contributed by atoms with Gasteiger partial charge in [-0.3, -0.25) is 0 Å². The molecule has 0 heterocycles. The van der Waals surface area contributed by atoms with E-state index in [2.05, 4.69) is 74.4 Å². The molecule has 4 atom stereocenters. The van der Waals surface area contributed by atoms with Crippen LogP contribution in [0.25, 0.3) is 0 Å². The summed E-state index contributed by atoms with van der Waals surface area (Å²) in [7, 11) is 0. The van der Waals surface area contributed by atoms with Gasteiger partial charge in [0.2, 0.25) is 0 Å². The molecule has 0 amide bonds. The van der Waals surface area contributed by atoms with Crippen molar-refractivity contribution in [2.24, 2.45) is 11.8 Å². The fraction of sp³-hybridized carbons (Fsp3) is 0.286. The first-order chi connectivity index (χ1) is 8.12. The molecule has 0 saturated heterocycles. The van der Waals surface area contributed by atoms with E-state index in [1.54, 1.807) is 0 Å². The summed E-state index contributed by atoms with van der Waals surface area (Å²) in [6.07, 6.45) is 8.60. The molecule has 88 valence electrons. The number of rotatable bonds is 0. The summed E-state index contributed by atoms with van der Waals surface area (Å²) in [6, 6.07) is 8.36. The van der Waals surface area contributed by atoms with Gasteiger partial charge in [-0.05, 0) is 11.1 Å². The van der Waals surface area contributed by atoms with Crippen LogP contribution < -0.4 is 0 Å². The minimum absolute atomic E-state index is 0.272. The lowest BCUT2D eigenvalue weighted by Gasteiger charge is -2.43. The molecule has 0 saturated carbocycles. The third-order valence-electron chi connectivity index (χ3n) is 3.55. The van der Waals surface area contributed by atoms with E-state index in [0.29, 0.717) is 10.7 Å². The molecule has 0 spiro atoms. The summed E-state index contributed by atoms with van der Waals surface area (Å²) in [6.45, 7) is 0. The van der Waals surface area contributed by atoms with Crippen LogP contribution in [-0.2, 0) is 3.78 Å². The maximum absolute atomic E-state index is 6.75. The minimum Gasteiger partial charge on any atom is -0.101 e. The minimum atomic E-state index is -0.500. The molecule has 0 bridgehead atoms. The third-order valence-corrected chi connectivity index (χ3v) is 6.07. The zero-order valence-electron chi connectivity index (χ0n) is 8.98. The first-order valence-corrected chi connectivity index (χ1v) is 7.67. The largest absolute Gasteiger partial charge is 0.131 e. The SMILES string of the molecule is Cl[C@]1(Br)c2ccccc2[C@H](Br)[C@@H]2C=CC=C[C@H]21. The lowest BCUT2D eigenvalue weighted by Crippen LogP contribution is -2.36. The summed E-state index contributed by atoms with van der Waals surface area (Å²) in [5.41, 5.74) is 2.45. The van der Waals surface area contributed by atoms with Crippen LogP contribution in [0.4, 0.5) is 0 Å². The molecule has 1 aromatic carbocycles. The lowest BCUT2D eigenvalue weighted by molar-refractivity contribution is 0.405.